The SMILES string of the molecule is CCCCCCC/C=C(/O)Cl. The Morgan fingerprint density at radius 3 is 2.45 bits per heavy atom. The molecule has 0 saturated heterocycles. The van der Waals surface area contributed by atoms with E-state index in [1.807, 2.05) is 0 Å². The Balaban J connectivity index is 2.97. The van der Waals surface area contributed by atoms with Crippen LogP contribution in [0, 0.1) is 0 Å². The fourth-order valence-corrected chi connectivity index (χ4v) is 1.08. The first kappa shape index (κ1) is 10.8. The molecule has 0 atom stereocenters. The Kier molecular flexibility index (Phi) is 7.81. The van der Waals surface area contributed by atoms with Crippen LogP contribution >= 0.6 is 11.6 Å². The summed E-state index contributed by atoms with van der Waals surface area (Å²) in [6.45, 7) is 2.20. The van der Waals surface area contributed by atoms with Gasteiger partial charge in [0.2, 0.25) is 0 Å². The predicted molar refractivity (Wildman–Crippen MR) is 49.9 cm³/mol. The second-order valence-corrected chi connectivity index (χ2v) is 3.12. The molecule has 0 spiro atoms. The zero-order valence-corrected chi connectivity index (χ0v) is 7.90. The van der Waals surface area contributed by atoms with Crippen LogP contribution in [0.15, 0.2) is 11.3 Å². The molecular weight excluding hydrogens is 160 g/mol. The van der Waals surface area contributed by atoms with E-state index >= 15 is 0 Å². The van der Waals surface area contributed by atoms with E-state index in [4.69, 9.17) is 16.7 Å². The molecule has 0 bridgehead atoms. The first-order valence-electron chi connectivity index (χ1n) is 4.32. The molecule has 0 radical (unpaired) electrons. The molecule has 0 rings (SSSR count). The maximum atomic E-state index is 8.58. The van der Waals surface area contributed by atoms with E-state index in [9.17, 15) is 0 Å². The minimum atomic E-state index is -0.0690. The van der Waals surface area contributed by atoms with Crippen LogP contribution < -0.4 is 0 Å². The van der Waals surface area contributed by atoms with Gasteiger partial charge in [0.25, 0.3) is 0 Å². The van der Waals surface area contributed by atoms with Crippen LogP contribution in [0.3, 0.4) is 0 Å². The maximum absolute atomic E-state index is 8.58. The van der Waals surface area contributed by atoms with Gasteiger partial charge in [-0.2, -0.15) is 0 Å². The van der Waals surface area contributed by atoms with Crippen LogP contribution in [0.25, 0.3) is 0 Å². The number of allylic oxidation sites excluding steroid dienone is 1. The molecular formula is C9H17ClO. The van der Waals surface area contributed by atoms with Gasteiger partial charge in [0, 0.05) is 0 Å². The molecule has 11 heavy (non-hydrogen) atoms. The molecule has 0 saturated carbocycles. The molecule has 0 heterocycles. The highest BCUT2D eigenvalue weighted by Crippen LogP contribution is 2.07. The first-order chi connectivity index (χ1) is 5.27. The third-order valence-corrected chi connectivity index (χ3v) is 1.77. The zero-order valence-electron chi connectivity index (χ0n) is 7.15. The summed E-state index contributed by atoms with van der Waals surface area (Å²) in [5.74, 6) is 0. The Morgan fingerprint density at radius 2 is 1.91 bits per heavy atom. The van der Waals surface area contributed by atoms with Crippen molar-refractivity contribution in [1.29, 1.82) is 0 Å². The molecule has 66 valence electrons. The monoisotopic (exact) mass is 176 g/mol. The zero-order chi connectivity index (χ0) is 8.53. The van der Waals surface area contributed by atoms with E-state index in [-0.39, 0.29) is 5.22 Å². The number of rotatable bonds is 6. The fraction of sp³-hybridized carbons (Fsp3) is 0.778. The van der Waals surface area contributed by atoms with E-state index in [1.54, 1.807) is 6.08 Å². The second kappa shape index (κ2) is 7.93. The minimum Gasteiger partial charge on any atom is -0.499 e. The molecule has 1 N–H and O–H groups in total. The molecule has 0 amide bonds. The van der Waals surface area contributed by atoms with Crippen molar-refractivity contribution in [2.45, 2.75) is 45.4 Å². The van der Waals surface area contributed by atoms with Crippen molar-refractivity contribution in [1.82, 2.24) is 0 Å². The standard InChI is InChI=1S/C9H17ClO/c1-2-3-4-5-6-7-8-9(10)11/h8,11H,2-7H2,1H3/b9-8+. The summed E-state index contributed by atoms with van der Waals surface area (Å²) in [5.41, 5.74) is 0. The molecule has 2 heteroatoms. The van der Waals surface area contributed by atoms with Gasteiger partial charge in [0.15, 0.2) is 5.22 Å². The number of aliphatic hydroxyl groups excluding tert-OH is 1. The Hall–Kier alpha value is -0.170. The predicted octanol–water partition coefficient (Wildman–Crippen LogP) is 3.99. The summed E-state index contributed by atoms with van der Waals surface area (Å²) in [6, 6.07) is 0. The lowest BCUT2D eigenvalue weighted by Crippen LogP contribution is -1.76. The van der Waals surface area contributed by atoms with Gasteiger partial charge in [-0.05, 0) is 30.5 Å². The summed E-state index contributed by atoms with van der Waals surface area (Å²) in [5, 5.41) is 8.51. The maximum Gasteiger partial charge on any atom is 0.180 e. The third kappa shape index (κ3) is 9.83. The van der Waals surface area contributed by atoms with Crippen LogP contribution in [-0.2, 0) is 0 Å². The summed E-state index contributed by atoms with van der Waals surface area (Å²) in [7, 11) is 0. The van der Waals surface area contributed by atoms with E-state index < -0.39 is 0 Å². The largest absolute Gasteiger partial charge is 0.499 e. The molecule has 1 nitrogen and oxygen atoms in total. The number of hydrogen-bond acceptors (Lipinski definition) is 1. The molecule has 0 aromatic carbocycles. The van der Waals surface area contributed by atoms with Crippen molar-refractivity contribution in [3.63, 3.8) is 0 Å². The minimum absolute atomic E-state index is 0.0690. The molecule has 0 fully saturated rings. The highest BCUT2D eigenvalue weighted by Gasteiger charge is 1.87. The van der Waals surface area contributed by atoms with Gasteiger partial charge < -0.3 is 5.11 Å². The topological polar surface area (TPSA) is 20.2 Å². The average molecular weight is 177 g/mol. The van der Waals surface area contributed by atoms with Crippen molar-refractivity contribution < 1.29 is 5.11 Å². The van der Waals surface area contributed by atoms with Crippen molar-refractivity contribution >= 4 is 11.6 Å². The second-order valence-electron chi connectivity index (χ2n) is 2.73. The number of halogens is 1. The van der Waals surface area contributed by atoms with Gasteiger partial charge in [-0.15, -0.1) is 0 Å². The van der Waals surface area contributed by atoms with Crippen molar-refractivity contribution in [2.24, 2.45) is 0 Å². The average Bonchev–Trinajstić information content (AvgIpc) is 1.96. The number of hydrogen-bond donors (Lipinski definition) is 1. The van der Waals surface area contributed by atoms with Gasteiger partial charge >= 0.3 is 0 Å². The van der Waals surface area contributed by atoms with E-state index in [0.29, 0.717) is 0 Å². The van der Waals surface area contributed by atoms with Crippen molar-refractivity contribution in [3.8, 4) is 0 Å². The molecule has 0 aliphatic rings. The lowest BCUT2D eigenvalue weighted by atomic mass is 10.1. The third-order valence-electron chi connectivity index (χ3n) is 1.62. The van der Waals surface area contributed by atoms with E-state index in [2.05, 4.69) is 6.92 Å². The van der Waals surface area contributed by atoms with Crippen LogP contribution in [0.4, 0.5) is 0 Å². The molecule has 0 aromatic rings. The quantitative estimate of drug-likeness (QED) is 0.480. The normalized spacial score (nSPS) is 12.0. The Bertz CT molecular complexity index is 106. The van der Waals surface area contributed by atoms with Gasteiger partial charge in [0.05, 0.1) is 0 Å². The van der Waals surface area contributed by atoms with Crippen LogP contribution in [0.5, 0.6) is 0 Å². The highest BCUT2D eigenvalue weighted by atomic mass is 35.5. The lowest BCUT2D eigenvalue weighted by Gasteiger charge is -1.95. The Labute approximate surface area is 74.1 Å². The number of unbranched alkanes of at least 4 members (excludes halogenated alkanes) is 5. The van der Waals surface area contributed by atoms with Crippen LogP contribution in [-0.4, -0.2) is 5.11 Å². The van der Waals surface area contributed by atoms with Crippen LogP contribution in [0.1, 0.15) is 45.4 Å². The smallest absolute Gasteiger partial charge is 0.180 e. The first-order valence-corrected chi connectivity index (χ1v) is 4.69. The van der Waals surface area contributed by atoms with Gasteiger partial charge in [0.1, 0.15) is 0 Å². The van der Waals surface area contributed by atoms with E-state index in [1.165, 1.54) is 25.7 Å². The molecule has 0 aliphatic heterocycles. The fourth-order valence-electron chi connectivity index (χ4n) is 0.969. The summed E-state index contributed by atoms with van der Waals surface area (Å²) < 4.78 is 0. The van der Waals surface area contributed by atoms with Gasteiger partial charge in [-0.1, -0.05) is 32.6 Å². The van der Waals surface area contributed by atoms with Crippen molar-refractivity contribution in [3.05, 3.63) is 11.3 Å². The van der Waals surface area contributed by atoms with E-state index in [0.717, 1.165) is 12.8 Å². The van der Waals surface area contributed by atoms with Crippen LogP contribution in [0.2, 0.25) is 0 Å². The van der Waals surface area contributed by atoms with Crippen molar-refractivity contribution in [2.75, 3.05) is 0 Å². The summed E-state index contributed by atoms with van der Waals surface area (Å²) >= 11 is 5.23. The summed E-state index contributed by atoms with van der Waals surface area (Å²) in [6.07, 6.45) is 8.83. The number of aliphatic hydroxyl groups is 1. The Morgan fingerprint density at radius 1 is 1.27 bits per heavy atom. The lowest BCUT2D eigenvalue weighted by molar-refractivity contribution is 0.448. The highest BCUT2D eigenvalue weighted by molar-refractivity contribution is 6.27. The van der Waals surface area contributed by atoms with Gasteiger partial charge in [-0.25, -0.2) is 0 Å². The summed E-state index contributed by atoms with van der Waals surface area (Å²) in [4.78, 5) is 0. The van der Waals surface area contributed by atoms with Gasteiger partial charge in [-0.3, -0.25) is 0 Å². The molecule has 0 aromatic heterocycles. The molecule has 0 unspecified atom stereocenters. The molecule has 0 aliphatic carbocycles.